The smallest absolute Gasteiger partial charge is 0.285 e. The first-order valence-electron chi connectivity index (χ1n) is 7.59. The summed E-state index contributed by atoms with van der Waals surface area (Å²) in [6.45, 7) is 1.24. The molecule has 1 aromatic carbocycles. The zero-order chi connectivity index (χ0) is 16.6. The van der Waals surface area contributed by atoms with Gasteiger partial charge in [0, 0.05) is 31.7 Å². The number of fused-ring (bicyclic) bond motifs is 1. The molecule has 2 heterocycles. The quantitative estimate of drug-likeness (QED) is 0.830. The molecule has 0 radical (unpaired) electrons. The Morgan fingerprint density at radius 3 is 2.83 bits per heavy atom. The molecule has 1 unspecified atom stereocenters. The molecule has 0 aliphatic carbocycles. The molecule has 1 atom stereocenters. The fraction of sp³-hybridized carbons (Fsp3) is 0.467. The van der Waals surface area contributed by atoms with Crippen LogP contribution < -0.4 is 5.73 Å². The molecular weight excluding hydrogens is 352 g/mol. The average molecular weight is 373 g/mol. The van der Waals surface area contributed by atoms with Crippen LogP contribution >= 0.6 is 12.4 Å². The Morgan fingerprint density at radius 1 is 1.42 bits per heavy atom. The molecule has 2 aliphatic heterocycles. The fourth-order valence-electron chi connectivity index (χ4n) is 3.14. The summed E-state index contributed by atoms with van der Waals surface area (Å²) in [6.07, 6.45) is 1.87. The van der Waals surface area contributed by atoms with Crippen molar-refractivity contribution < 1.29 is 13.2 Å². The van der Waals surface area contributed by atoms with E-state index >= 15 is 0 Å². The normalized spacial score (nSPS) is 21.0. The molecule has 0 spiro atoms. The van der Waals surface area contributed by atoms with Crippen molar-refractivity contribution in [2.45, 2.75) is 23.8 Å². The minimum absolute atomic E-state index is 0. The molecule has 9 heteroatoms. The van der Waals surface area contributed by atoms with E-state index in [9.17, 15) is 13.2 Å². The lowest BCUT2D eigenvalue weighted by Gasteiger charge is -2.27. The largest absolute Gasteiger partial charge is 0.349 e. The Kier molecular flexibility index (Phi) is 5.52. The van der Waals surface area contributed by atoms with Crippen molar-refractivity contribution in [3.05, 3.63) is 29.8 Å². The van der Waals surface area contributed by atoms with Crippen LogP contribution in [0.3, 0.4) is 0 Å². The van der Waals surface area contributed by atoms with E-state index < -0.39 is 10.0 Å². The monoisotopic (exact) mass is 372 g/mol. The van der Waals surface area contributed by atoms with Gasteiger partial charge in [0.1, 0.15) is 4.90 Å². The Labute approximate surface area is 148 Å². The van der Waals surface area contributed by atoms with E-state index in [0.717, 1.165) is 12.8 Å². The number of rotatable bonds is 3. The van der Waals surface area contributed by atoms with E-state index in [-0.39, 0.29) is 35.8 Å². The molecule has 1 saturated heterocycles. The predicted octanol–water partition coefficient (Wildman–Crippen LogP) is 0.439. The Morgan fingerprint density at radius 2 is 2.12 bits per heavy atom. The second kappa shape index (κ2) is 7.08. The summed E-state index contributed by atoms with van der Waals surface area (Å²) in [7, 11) is -1.99. The predicted molar refractivity (Wildman–Crippen MR) is 93.8 cm³/mol. The van der Waals surface area contributed by atoms with Crippen molar-refractivity contribution in [1.82, 2.24) is 9.80 Å². The second-order valence-corrected chi connectivity index (χ2v) is 7.43. The summed E-state index contributed by atoms with van der Waals surface area (Å²) in [5.41, 5.74) is 6.24. The van der Waals surface area contributed by atoms with E-state index in [1.165, 1.54) is 6.07 Å². The van der Waals surface area contributed by atoms with Crippen LogP contribution in [-0.4, -0.2) is 62.7 Å². The molecule has 0 saturated carbocycles. The number of amides is 1. The molecule has 0 bridgehead atoms. The van der Waals surface area contributed by atoms with Gasteiger partial charge in [-0.15, -0.1) is 16.8 Å². The zero-order valence-corrected chi connectivity index (χ0v) is 15.0. The average Bonchev–Trinajstić information content (AvgIpc) is 3.10. The lowest BCUT2D eigenvalue weighted by Crippen LogP contribution is -2.45. The van der Waals surface area contributed by atoms with Crippen LogP contribution in [0.2, 0.25) is 0 Å². The number of amidine groups is 1. The molecule has 1 aromatic rings. The van der Waals surface area contributed by atoms with Crippen molar-refractivity contribution in [3.63, 3.8) is 0 Å². The van der Waals surface area contributed by atoms with Crippen molar-refractivity contribution in [3.8, 4) is 0 Å². The third-order valence-corrected chi connectivity index (χ3v) is 5.64. The van der Waals surface area contributed by atoms with Crippen molar-refractivity contribution >= 4 is 34.2 Å². The van der Waals surface area contributed by atoms with E-state index in [1.807, 2.05) is 0 Å². The molecular formula is C15H21ClN4O3S. The molecule has 0 aromatic heterocycles. The van der Waals surface area contributed by atoms with Crippen molar-refractivity contribution in [2.75, 3.05) is 26.7 Å². The molecule has 7 nitrogen and oxygen atoms in total. The number of carbonyl (C=O) groups is 1. The fourth-order valence-corrected chi connectivity index (χ4v) is 4.39. The summed E-state index contributed by atoms with van der Waals surface area (Å²) < 4.78 is 28.0. The maximum atomic E-state index is 12.5. The molecule has 1 amide bonds. The highest BCUT2D eigenvalue weighted by Gasteiger charge is 2.33. The highest BCUT2D eigenvalue weighted by atomic mass is 35.5. The summed E-state index contributed by atoms with van der Waals surface area (Å²) >= 11 is 0. The summed E-state index contributed by atoms with van der Waals surface area (Å²) in [5.74, 6) is 0.266. The lowest BCUT2D eigenvalue weighted by atomic mass is 10.2. The number of hydrogen-bond acceptors (Lipinski definition) is 5. The molecule has 2 N–H and O–H groups in total. The van der Waals surface area contributed by atoms with Gasteiger partial charge in [-0.3, -0.25) is 4.79 Å². The third-order valence-electron chi connectivity index (χ3n) is 4.32. The van der Waals surface area contributed by atoms with E-state index in [4.69, 9.17) is 5.73 Å². The number of nitrogens with two attached hydrogens (primary N) is 1. The number of halogens is 1. The number of hydrogen-bond donors (Lipinski definition) is 1. The summed E-state index contributed by atoms with van der Waals surface area (Å²) in [4.78, 5) is 16.0. The molecule has 132 valence electrons. The van der Waals surface area contributed by atoms with Crippen LogP contribution in [0.1, 0.15) is 18.4 Å². The molecule has 2 aliphatic rings. The van der Waals surface area contributed by atoms with Gasteiger partial charge < -0.3 is 15.5 Å². The van der Waals surface area contributed by atoms with Crippen LogP contribution in [0.4, 0.5) is 0 Å². The second-order valence-electron chi connectivity index (χ2n) is 5.86. The zero-order valence-electron chi connectivity index (χ0n) is 13.4. The number of carbonyl (C=O) groups excluding carboxylic acids is 1. The topological polar surface area (TPSA) is 96.1 Å². The van der Waals surface area contributed by atoms with Gasteiger partial charge in [-0.1, -0.05) is 12.1 Å². The van der Waals surface area contributed by atoms with E-state index in [1.54, 1.807) is 35.0 Å². The molecule has 1 fully saturated rings. The standard InChI is InChI=1S/C15H20N4O3S.ClH/c1-18(10-14(20)19-8-4-5-11(19)9-16)15-12-6-2-3-7-13(12)23(21,22)17-15;/h2-3,6-7,11H,4-5,8-10,16H2,1H3;1H. The minimum atomic E-state index is -3.67. The summed E-state index contributed by atoms with van der Waals surface area (Å²) in [6, 6.07) is 6.74. The number of sulfonamides is 1. The van der Waals surface area contributed by atoms with Gasteiger partial charge in [-0.2, -0.15) is 8.42 Å². The van der Waals surface area contributed by atoms with Crippen LogP contribution in [0.5, 0.6) is 0 Å². The van der Waals surface area contributed by atoms with Crippen LogP contribution in [0.15, 0.2) is 33.6 Å². The molecule has 24 heavy (non-hydrogen) atoms. The van der Waals surface area contributed by atoms with Crippen LogP contribution in [-0.2, 0) is 14.8 Å². The van der Waals surface area contributed by atoms with Crippen LogP contribution in [0.25, 0.3) is 0 Å². The highest BCUT2D eigenvalue weighted by Crippen LogP contribution is 2.27. The van der Waals surface area contributed by atoms with E-state index in [0.29, 0.717) is 24.5 Å². The Hall–Kier alpha value is -1.64. The van der Waals surface area contributed by atoms with Crippen molar-refractivity contribution in [2.24, 2.45) is 10.1 Å². The first-order chi connectivity index (χ1) is 10.9. The number of nitrogens with zero attached hydrogens (tertiary/aromatic N) is 3. The Bertz CT molecular complexity index is 766. The molecule has 3 rings (SSSR count). The highest BCUT2D eigenvalue weighted by molar-refractivity contribution is 7.90. The summed E-state index contributed by atoms with van der Waals surface area (Å²) in [5, 5.41) is 0. The van der Waals surface area contributed by atoms with Gasteiger partial charge in [-0.05, 0) is 25.0 Å². The first-order valence-corrected chi connectivity index (χ1v) is 9.03. The van der Waals surface area contributed by atoms with Crippen LogP contribution in [0, 0.1) is 0 Å². The number of likely N-dealkylation sites (tertiary alicyclic amines) is 1. The maximum absolute atomic E-state index is 12.5. The van der Waals surface area contributed by atoms with Crippen molar-refractivity contribution in [1.29, 1.82) is 0 Å². The van der Waals surface area contributed by atoms with Gasteiger partial charge in [0.15, 0.2) is 5.84 Å². The van der Waals surface area contributed by atoms with Gasteiger partial charge >= 0.3 is 0 Å². The first kappa shape index (κ1) is 18.7. The maximum Gasteiger partial charge on any atom is 0.285 e. The SMILES string of the molecule is CN(CC(=O)N1CCCC1CN)C1=NS(=O)(=O)c2ccccc21.Cl. The van der Waals surface area contributed by atoms with Gasteiger partial charge in [0.05, 0.1) is 6.54 Å². The third kappa shape index (κ3) is 3.26. The minimum Gasteiger partial charge on any atom is -0.349 e. The number of likely N-dealkylation sites (N-methyl/N-ethyl adjacent to an activating group) is 1. The van der Waals surface area contributed by atoms with Gasteiger partial charge in [0.2, 0.25) is 5.91 Å². The number of benzene rings is 1. The van der Waals surface area contributed by atoms with E-state index in [2.05, 4.69) is 4.40 Å². The van der Waals surface area contributed by atoms with Gasteiger partial charge in [0.25, 0.3) is 10.0 Å². The Balaban J connectivity index is 0.00000208. The lowest BCUT2D eigenvalue weighted by molar-refractivity contribution is -0.132. The van der Waals surface area contributed by atoms with Gasteiger partial charge in [-0.25, -0.2) is 0 Å².